The van der Waals surface area contributed by atoms with E-state index < -0.39 is 0 Å². The average molecular weight is 640 g/mol. The third-order valence-electron chi connectivity index (χ3n) is 10.7. The van der Waals surface area contributed by atoms with E-state index in [4.69, 9.17) is 14.6 Å². The van der Waals surface area contributed by atoms with Gasteiger partial charge in [-0.25, -0.2) is 0 Å². The fourth-order valence-corrected chi connectivity index (χ4v) is 8.28. The summed E-state index contributed by atoms with van der Waals surface area (Å²) in [6.45, 7) is 11.6. The van der Waals surface area contributed by atoms with Crippen LogP contribution >= 0.6 is 0 Å². The number of benzene rings is 1. The summed E-state index contributed by atoms with van der Waals surface area (Å²) in [6, 6.07) is 6.46. The first kappa shape index (κ1) is 33.8. The zero-order valence-electron chi connectivity index (χ0n) is 27.4. The second-order valence-corrected chi connectivity index (χ2v) is 13.6. The van der Waals surface area contributed by atoms with Crippen LogP contribution in [0.25, 0.3) is 0 Å². The predicted octanol–water partition coefficient (Wildman–Crippen LogP) is 1.67. The highest BCUT2D eigenvalue weighted by Gasteiger charge is 2.45. The van der Waals surface area contributed by atoms with Crippen LogP contribution in [-0.4, -0.2) is 121 Å². The molecular formula is C34H49N5O7. The fourth-order valence-electron chi connectivity index (χ4n) is 8.28. The number of ether oxygens (including phenoxy) is 1. The van der Waals surface area contributed by atoms with Crippen LogP contribution in [0.3, 0.4) is 0 Å². The Labute approximate surface area is 271 Å². The molecule has 0 saturated carbocycles. The van der Waals surface area contributed by atoms with E-state index in [1.807, 2.05) is 41.8 Å². The zero-order chi connectivity index (χ0) is 33.0. The Hall–Kier alpha value is -3.51. The first-order chi connectivity index (χ1) is 22.1. The van der Waals surface area contributed by atoms with Crippen molar-refractivity contribution in [3.8, 4) is 0 Å². The molecule has 4 amide bonds. The van der Waals surface area contributed by atoms with E-state index in [9.17, 15) is 19.2 Å². The molecule has 12 heteroatoms. The molecule has 1 aromatic carbocycles. The number of likely N-dealkylation sites (tertiary alicyclic amines) is 3. The van der Waals surface area contributed by atoms with Crippen molar-refractivity contribution in [1.29, 1.82) is 0 Å². The molecule has 2 unspecified atom stereocenters. The highest BCUT2D eigenvalue weighted by Crippen LogP contribution is 2.34. The van der Waals surface area contributed by atoms with Crippen molar-refractivity contribution in [2.75, 3.05) is 63.9 Å². The normalized spacial score (nSPS) is 27.5. The molecule has 12 nitrogen and oxygen atoms in total. The summed E-state index contributed by atoms with van der Waals surface area (Å²) in [6.07, 6.45) is 4.00. The number of amides is 4. The Bertz CT molecular complexity index is 1260. The van der Waals surface area contributed by atoms with E-state index in [0.29, 0.717) is 38.9 Å². The van der Waals surface area contributed by atoms with Crippen molar-refractivity contribution in [1.82, 2.24) is 20.0 Å². The number of para-hydroxylation sites is 1. The van der Waals surface area contributed by atoms with Gasteiger partial charge in [0.25, 0.3) is 6.47 Å². The number of carboxylic acid groups (broad SMARTS) is 1. The number of anilines is 1. The Balaban J connectivity index is 0.00000134. The molecule has 5 aliphatic rings. The first-order valence-corrected chi connectivity index (χ1v) is 16.7. The minimum Gasteiger partial charge on any atom is -0.483 e. The molecule has 0 aromatic heterocycles. The van der Waals surface area contributed by atoms with Gasteiger partial charge in [0.1, 0.15) is 0 Å². The number of carbonyl (C=O) groups is 5. The Kier molecular flexibility index (Phi) is 11.0. The van der Waals surface area contributed by atoms with Gasteiger partial charge in [-0.1, -0.05) is 18.2 Å². The topological polar surface area (TPSA) is 140 Å². The summed E-state index contributed by atoms with van der Waals surface area (Å²) in [5.41, 5.74) is 3.00. The van der Waals surface area contributed by atoms with Gasteiger partial charge in [-0.05, 0) is 63.7 Å². The van der Waals surface area contributed by atoms with Crippen LogP contribution in [0.15, 0.2) is 18.2 Å². The Morgan fingerprint density at radius 2 is 1.48 bits per heavy atom. The lowest BCUT2D eigenvalue weighted by Gasteiger charge is -2.48. The van der Waals surface area contributed by atoms with E-state index in [2.05, 4.69) is 10.2 Å². The van der Waals surface area contributed by atoms with E-state index in [0.717, 1.165) is 68.7 Å². The predicted molar refractivity (Wildman–Crippen MR) is 171 cm³/mol. The summed E-state index contributed by atoms with van der Waals surface area (Å²) in [4.78, 5) is 68.4. The summed E-state index contributed by atoms with van der Waals surface area (Å²) in [7, 11) is 0. The van der Waals surface area contributed by atoms with E-state index >= 15 is 0 Å². The maximum Gasteiger partial charge on any atom is 0.290 e. The van der Waals surface area contributed by atoms with Gasteiger partial charge in [0, 0.05) is 81.6 Å². The number of aryl methyl sites for hydroxylation is 2. The highest BCUT2D eigenvalue weighted by atomic mass is 16.5. The van der Waals surface area contributed by atoms with Crippen molar-refractivity contribution >= 4 is 35.8 Å². The molecule has 1 aromatic rings. The minimum atomic E-state index is -0.382. The van der Waals surface area contributed by atoms with Crippen LogP contribution in [0.1, 0.15) is 50.2 Å². The molecular weight excluding hydrogens is 590 g/mol. The average Bonchev–Trinajstić information content (AvgIpc) is 3.42. The van der Waals surface area contributed by atoms with Crippen molar-refractivity contribution in [2.45, 2.75) is 65.0 Å². The summed E-state index contributed by atoms with van der Waals surface area (Å²) >= 11 is 0. The number of hydrogen-bond donors (Lipinski definition) is 2. The van der Waals surface area contributed by atoms with Crippen LogP contribution in [0.5, 0.6) is 0 Å². The van der Waals surface area contributed by atoms with Crippen LogP contribution in [0.4, 0.5) is 5.69 Å². The van der Waals surface area contributed by atoms with Gasteiger partial charge in [0.15, 0.2) is 0 Å². The molecule has 0 spiro atoms. The standard InChI is InChI=1S/C33H47N5O5.CH2O2/c1-21-5-4-6-22(2)31(21)38-18-25(15-29(38)40)32(41)34-30-26-16-37(17-27(30)20-43-19-26)33(42)24-7-11-36(12-8-24)28-9-13-35(14-10-28)23(3)39;2-1-3/h4-6,24-28,30H,7-20H2,1-3H3,(H,34,41);1H,(H,2,3)/t25?,26-,27+,30?;. The number of nitrogens with one attached hydrogen (secondary N) is 1. The summed E-state index contributed by atoms with van der Waals surface area (Å²) in [5, 5.41) is 10.2. The van der Waals surface area contributed by atoms with Crippen molar-refractivity contribution in [3.63, 3.8) is 0 Å². The number of rotatable bonds is 5. The molecule has 5 aliphatic heterocycles. The van der Waals surface area contributed by atoms with Gasteiger partial charge >= 0.3 is 0 Å². The number of nitrogens with zero attached hydrogens (tertiary/aromatic N) is 4. The molecule has 2 N–H and O–H groups in total. The Morgan fingerprint density at radius 1 is 0.891 bits per heavy atom. The van der Waals surface area contributed by atoms with Crippen LogP contribution in [0.2, 0.25) is 0 Å². The number of piperidine rings is 3. The molecule has 0 aliphatic carbocycles. The van der Waals surface area contributed by atoms with Gasteiger partial charge in [0.2, 0.25) is 23.6 Å². The van der Waals surface area contributed by atoms with E-state index in [1.54, 1.807) is 11.8 Å². The fraction of sp³-hybridized carbons (Fsp3) is 0.676. The second kappa shape index (κ2) is 14.9. The lowest BCUT2D eigenvalue weighted by molar-refractivity contribution is -0.148. The summed E-state index contributed by atoms with van der Waals surface area (Å²) < 4.78 is 5.89. The smallest absolute Gasteiger partial charge is 0.290 e. The number of carbonyl (C=O) groups excluding carboxylic acids is 4. The molecule has 252 valence electrons. The zero-order valence-corrected chi connectivity index (χ0v) is 27.4. The lowest BCUT2D eigenvalue weighted by atomic mass is 9.81. The van der Waals surface area contributed by atoms with Gasteiger partial charge < -0.3 is 34.8 Å². The molecule has 46 heavy (non-hydrogen) atoms. The Morgan fingerprint density at radius 3 is 2.04 bits per heavy atom. The van der Waals surface area contributed by atoms with Crippen LogP contribution < -0.4 is 10.2 Å². The lowest BCUT2D eigenvalue weighted by Crippen LogP contribution is -2.63. The third kappa shape index (κ3) is 7.38. The number of hydrogen-bond acceptors (Lipinski definition) is 7. The molecule has 4 atom stereocenters. The summed E-state index contributed by atoms with van der Waals surface area (Å²) in [5.74, 6) is 0.111. The van der Waals surface area contributed by atoms with Crippen LogP contribution in [0, 0.1) is 37.5 Å². The van der Waals surface area contributed by atoms with Gasteiger partial charge in [-0.3, -0.25) is 24.0 Å². The number of fused-ring (bicyclic) bond motifs is 2. The maximum atomic E-state index is 13.7. The van der Waals surface area contributed by atoms with Gasteiger partial charge in [-0.15, -0.1) is 0 Å². The van der Waals surface area contributed by atoms with Crippen molar-refractivity contribution in [2.24, 2.45) is 23.7 Å². The van der Waals surface area contributed by atoms with E-state index in [1.165, 1.54) is 0 Å². The first-order valence-electron chi connectivity index (χ1n) is 16.7. The minimum absolute atomic E-state index is 0.00550. The van der Waals surface area contributed by atoms with Crippen molar-refractivity contribution in [3.05, 3.63) is 29.3 Å². The van der Waals surface area contributed by atoms with E-state index in [-0.39, 0.29) is 66.2 Å². The largest absolute Gasteiger partial charge is 0.483 e. The molecule has 5 heterocycles. The monoisotopic (exact) mass is 639 g/mol. The van der Waals surface area contributed by atoms with Crippen LogP contribution in [-0.2, 0) is 28.7 Å². The maximum absolute atomic E-state index is 13.7. The van der Waals surface area contributed by atoms with Crippen molar-refractivity contribution < 1.29 is 33.8 Å². The van der Waals surface area contributed by atoms with Gasteiger partial charge in [-0.2, -0.15) is 0 Å². The molecule has 2 bridgehead atoms. The molecule has 5 fully saturated rings. The molecule has 5 saturated heterocycles. The quantitative estimate of drug-likeness (QED) is 0.464. The second-order valence-electron chi connectivity index (χ2n) is 13.6. The molecule has 0 radical (unpaired) electrons. The van der Waals surface area contributed by atoms with Gasteiger partial charge in [0.05, 0.1) is 19.1 Å². The highest BCUT2D eigenvalue weighted by molar-refractivity contribution is 6.01. The molecule has 6 rings (SSSR count). The third-order valence-corrected chi connectivity index (χ3v) is 10.7. The SMILES string of the molecule is CC(=O)N1CCC(N2CCC(C(=O)N3C[C@H]4COC[C@@H](C3)C4NC(=O)C3CC(=O)N(c4c(C)cccc4C)C3)CC2)CC1.O=CO.